The largest absolute Gasteiger partial charge is 0.493 e. The molecule has 0 radical (unpaired) electrons. The number of carbonyl (C=O) groups is 1. The number of aromatic nitrogens is 1. The van der Waals surface area contributed by atoms with Crippen molar-refractivity contribution in [1.82, 2.24) is 9.88 Å². The first-order chi connectivity index (χ1) is 11.7. The van der Waals surface area contributed by atoms with E-state index < -0.39 is 0 Å². The van der Waals surface area contributed by atoms with Gasteiger partial charge in [0.15, 0.2) is 0 Å². The van der Waals surface area contributed by atoms with E-state index in [0.717, 1.165) is 11.3 Å². The molecule has 0 saturated carbocycles. The van der Waals surface area contributed by atoms with Gasteiger partial charge in [0.25, 0.3) is 5.56 Å². The lowest BCUT2D eigenvalue weighted by Crippen LogP contribution is -2.36. The summed E-state index contributed by atoms with van der Waals surface area (Å²) in [6.45, 7) is 0.530. The standard InChI is InChI=1S/C18H16N2O4/c21-17(11-20-8-5-16-13(18(20)22)6-9-23-16)19-14-7-10-24-15-4-2-1-3-12(14)15/h1-6,8-9,14H,7,10-11H2,(H,19,21)/t14-/m1/s1. The monoisotopic (exact) mass is 324 g/mol. The topological polar surface area (TPSA) is 73.5 Å². The maximum atomic E-state index is 12.4. The first kappa shape index (κ1) is 14.6. The normalized spacial score (nSPS) is 16.4. The molecule has 0 unspecified atom stereocenters. The van der Waals surface area contributed by atoms with Gasteiger partial charge in [-0.05, 0) is 18.2 Å². The molecule has 1 N–H and O–H groups in total. The number of nitrogens with one attached hydrogen (secondary N) is 1. The first-order valence-electron chi connectivity index (χ1n) is 7.80. The Morgan fingerprint density at radius 1 is 1.25 bits per heavy atom. The van der Waals surface area contributed by atoms with Crippen molar-refractivity contribution in [2.24, 2.45) is 0 Å². The molecule has 24 heavy (non-hydrogen) atoms. The van der Waals surface area contributed by atoms with Crippen molar-refractivity contribution >= 4 is 16.9 Å². The third kappa shape index (κ3) is 2.56. The van der Waals surface area contributed by atoms with E-state index >= 15 is 0 Å². The molecule has 0 bridgehead atoms. The van der Waals surface area contributed by atoms with Crippen LogP contribution in [-0.4, -0.2) is 17.1 Å². The Labute approximate surface area is 137 Å². The van der Waals surface area contributed by atoms with Crippen LogP contribution in [0.2, 0.25) is 0 Å². The van der Waals surface area contributed by atoms with Crippen molar-refractivity contribution < 1.29 is 13.9 Å². The van der Waals surface area contributed by atoms with Crippen molar-refractivity contribution in [2.75, 3.05) is 6.61 Å². The number of hydrogen-bond acceptors (Lipinski definition) is 4. The molecule has 1 aliphatic rings. The molecule has 6 heteroatoms. The molecule has 4 rings (SSSR count). The van der Waals surface area contributed by atoms with E-state index in [1.54, 1.807) is 18.3 Å². The predicted molar refractivity (Wildman–Crippen MR) is 87.9 cm³/mol. The summed E-state index contributed by atoms with van der Waals surface area (Å²) >= 11 is 0. The molecule has 2 aromatic heterocycles. The van der Waals surface area contributed by atoms with E-state index in [0.29, 0.717) is 24.0 Å². The summed E-state index contributed by atoms with van der Waals surface area (Å²) in [5, 5.41) is 3.46. The molecule has 3 aromatic rings. The van der Waals surface area contributed by atoms with Gasteiger partial charge in [-0.1, -0.05) is 18.2 Å². The van der Waals surface area contributed by atoms with E-state index in [4.69, 9.17) is 9.15 Å². The summed E-state index contributed by atoms with van der Waals surface area (Å²) < 4.78 is 12.2. The minimum atomic E-state index is -0.233. The second kappa shape index (κ2) is 5.88. The highest BCUT2D eigenvalue weighted by atomic mass is 16.5. The van der Waals surface area contributed by atoms with Gasteiger partial charge in [0.1, 0.15) is 17.9 Å². The lowest BCUT2D eigenvalue weighted by Gasteiger charge is -2.26. The van der Waals surface area contributed by atoms with E-state index in [9.17, 15) is 9.59 Å². The van der Waals surface area contributed by atoms with Crippen LogP contribution >= 0.6 is 0 Å². The maximum absolute atomic E-state index is 12.4. The Morgan fingerprint density at radius 2 is 2.12 bits per heavy atom. The van der Waals surface area contributed by atoms with Crippen LogP contribution in [0.25, 0.3) is 11.0 Å². The number of pyridine rings is 1. The van der Waals surface area contributed by atoms with Crippen LogP contribution in [0.4, 0.5) is 0 Å². The summed E-state index contributed by atoms with van der Waals surface area (Å²) in [6, 6.07) is 10.9. The molecule has 1 amide bonds. The van der Waals surface area contributed by atoms with Crippen molar-refractivity contribution in [3.63, 3.8) is 0 Å². The zero-order valence-corrected chi connectivity index (χ0v) is 12.9. The lowest BCUT2D eigenvalue weighted by molar-refractivity contribution is -0.122. The average Bonchev–Trinajstić information content (AvgIpc) is 3.07. The molecule has 1 atom stereocenters. The smallest absolute Gasteiger partial charge is 0.262 e. The molecule has 3 heterocycles. The summed E-state index contributed by atoms with van der Waals surface area (Å²) in [4.78, 5) is 24.7. The molecule has 0 saturated heterocycles. The molecule has 0 spiro atoms. The summed E-state index contributed by atoms with van der Waals surface area (Å²) in [7, 11) is 0. The molecular formula is C18H16N2O4. The Bertz CT molecular complexity index is 957. The van der Waals surface area contributed by atoms with Crippen LogP contribution in [0.5, 0.6) is 5.75 Å². The predicted octanol–water partition coefficient (Wildman–Crippen LogP) is 2.23. The number of amides is 1. The minimum Gasteiger partial charge on any atom is -0.493 e. The number of rotatable bonds is 3. The lowest BCUT2D eigenvalue weighted by atomic mass is 10.0. The van der Waals surface area contributed by atoms with Crippen LogP contribution in [0.15, 0.2) is 58.1 Å². The Kier molecular flexibility index (Phi) is 3.57. The number of benzene rings is 1. The fourth-order valence-electron chi connectivity index (χ4n) is 3.02. The zero-order chi connectivity index (χ0) is 16.5. The first-order valence-corrected chi connectivity index (χ1v) is 7.80. The fraction of sp³-hybridized carbons (Fsp3) is 0.222. The van der Waals surface area contributed by atoms with Crippen LogP contribution in [0.3, 0.4) is 0 Å². The van der Waals surface area contributed by atoms with Crippen LogP contribution in [0, 0.1) is 0 Å². The highest BCUT2D eigenvalue weighted by Gasteiger charge is 2.22. The van der Waals surface area contributed by atoms with Crippen LogP contribution in [-0.2, 0) is 11.3 Å². The molecule has 1 aliphatic heterocycles. The highest BCUT2D eigenvalue weighted by Crippen LogP contribution is 2.31. The molecule has 0 aliphatic carbocycles. The summed E-state index contributed by atoms with van der Waals surface area (Å²) in [5.41, 5.74) is 1.26. The van der Waals surface area contributed by atoms with Gasteiger partial charge in [-0.2, -0.15) is 0 Å². The number of para-hydroxylation sites is 1. The van der Waals surface area contributed by atoms with Gasteiger partial charge in [0.05, 0.1) is 24.3 Å². The number of ether oxygens (including phenoxy) is 1. The molecule has 0 fully saturated rings. The molecular weight excluding hydrogens is 308 g/mol. The van der Waals surface area contributed by atoms with Crippen molar-refractivity contribution in [3.8, 4) is 5.75 Å². The second-order valence-electron chi connectivity index (χ2n) is 5.74. The SMILES string of the molecule is O=C(Cn1ccc2occc2c1=O)N[C@@H]1CCOc2ccccc21. The number of furan rings is 1. The van der Waals surface area contributed by atoms with Crippen LogP contribution in [0.1, 0.15) is 18.0 Å². The van der Waals surface area contributed by atoms with E-state index in [1.807, 2.05) is 24.3 Å². The minimum absolute atomic E-state index is 0.0283. The fourth-order valence-corrected chi connectivity index (χ4v) is 3.02. The number of fused-ring (bicyclic) bond motifs is 2. The quantitative estimate of drug-likeness (QED) is 0.802. The maximum Gasteiger partial charge on any atom is 0.262 e. The molecule has 122 valence electrons. The van der Waals surface area contributed by atoms with Gasteiger partial charge in [-0.25, -0.2) is 0 Å². The number of carbonyl (C=O) groups excluding carboxylic acids is 1. The van der Waals surface area contributed by atoms with Gasteiger partial charge >= 0.3 is 0 Å². The van der Waals surface area contributed by atoms with E-state index in [1.165, 1.54) is 10.8 Å². The highest BCUT2D eigenvalue weighted by molar-refractivity contribution is 5.78. The zero-order valence-electron chi connectivity index (χ0n) is 12.9. The van der Waals surface area contributed by atoms with Crippen molar-refractivity contribution in [2.45, 2.75) is 19.0 Å². The van der Waals surface area contributed by atoms with Crippen molar-refractivity contribution in [1.29, 1.82) is 0 Å². The van der Waals surface area contributed by atoms with Crippen molar-refractivity contribution in [3.05, 3.63) is 64.8 Å². The summed E-state index contributed by atoms with van der Waals surface area (Å²) in [5.74, 6) is 0.590. The Morgan fingerprint density at radius 3 is 3.04 bits per heavy atom. The number of nitrogens with zero attached hydrogens (tertiary/aromatic N) is 1. The van der Waals surface area contributed by atoms with Gasteiger partial charge in [-0.15, -0.1) is 0 Å². The molecule has 1 aromatic carbocycles. The Balaban J connectivity index is 1.53. The van der Waals surface area contributed by atoms with Gasteiger partial charge in [0.2, 0.25) is 5.91 Å². The van der Waals surface area contributed by atoms with Gasteiger partial charge in [0, 0.05) is 18.2 Å². The number of hydrogen-bond donors (Lipinski definition) is 1. The third-order valence-electron chi connectivity index (χ3n) is 4.20. The van der Waals surface area contributed by atoms with Gasteiger partial charge < -0.3 is 19.0 Å². The van der Waals surface area contributed by atoms with E-state index in [2.05, 4.69) is 5.32 Å². The second-order valence-corrected chi connectivity index (χ2v) is 5.74. The Hall–Kier alpha value is -3.02. The van der Waals surface area contributed by atoms with Gasteiger partial charge in [-0.3, -0.25) is 9.59 Å². The average molecular weight is 324 g/mol. The third-order valence-corrected chi connectivity index (χ3v) is 4.20. The van der Waals surface area contributed by atoms with Crippen LogP contribution < -0.4 is 15.6 Å². The molecule has 6 nitrogen and oxygen atoms in total. The van der Waals surface area contributed by atoms with E-state index in [-0.39, 0.29) is 24.1 Å². The summed E-state index contributed by atoms with van der Waals surface area (Å²) in [6.07, 6.45) is 3.75.